The zero-order valence-electron chi connectivity index (χ0n) is 17.3. The zero-order chi connectivity index (χ0) is 22.4. The SMILES string of the molecule is FC(F)(F)c1ccc(N2CCC[C@H](NCc3ccc(C#Cc4cncnc4)cc3)C2)nc1. The van der Waals surface area contributed by atoms with Gasteiger partial charge in [0.05, 0.1) is 11.1 Å². The molecule has 0 bridgehead atoms. The monoisotopic (exact) mass is 437 g/mol. The van der Waals surface area contributed by atoms with E-state index in [-0.39, 0.29) is 6.04 Å². The molecule has 0 unspecified atom stereocenters. The summed E-state index contributed by atoms with van der Waals surface area (Å²) in [6, 6.07) is 10.8. The summed E-state index contributed by atoms with van der Waals surface area (Å²) < 4.78 is 38.3. The fourth-order valence-electron chi connectivity index (χ4n) is 3.57. The van der Waals surface area contributed by atoms with Crippen molar-refractivity contribution in [3.63, 3.8) is 0 Å². The van der Waals surface area contributed by atoms with E-state index >= 15 is 0 Å². The maximum absolute atomic E-state index is 12.8. The number of nitrogens with one attached hydrogen (secondary N) is 1. The molecule has 0 saturated carbocycles. The second-order valence-corrected chi connectivity index (χ2v) is 7.64. The first-order valence-corrected chi connectivity index (χ1v) is 10.3. The lowest BCUT2D eigenvalue weighted by atomic mass is 10.0. The van der Waals surface area contributed by atoms with Gasteiger partial charge in [-0.15, -0.1) is 0 Å². The van der Waals surface area contributed by atoms with Gasteiger partial charge in [-0.25, -0.2) is 15.0 Å². The third-order valence-electron chi connectivity index (χ3n) is 5.28. The molecule has 0 spiro atoms. The third-order valence-corrected chi connectivity index (χ3v) is 5.28. The number of rotatable bonds is 4. The fraction of sp³-hybridized carbons (Fsp3) is 0.292. The van der Waals surface area contributed by atoms with Gasteiger partial charge in [-0.3, -0.25) is 0 Å². The summed E-state index contributed by atoms with van der Waals surface area (Å²) in [4.78, 5) is 14.0. The molecule has 0 amide bonds. The van der Waals surface area contributed by atoms with Gasteiger partial charge >= 0.3 is 6.18 Å². The first-order chi connectivity index (χ1) is 15.5. The van der Waals surface area contributed by atoms with Crippen molar-refractivity contribution >= 4 is 5.82 Å². The lowest BCUT2D eigenvalue weighted by Gasteiger charge is -2.34. The number of nitrogens with zero attached hydrogens (tertiary/aromatic N) is 4. The average Bonchev–Trinajstić information content (AvgIpc) is 2.82. The molecule has 0 aliphatic carbocycles. The number of hydrogen-bond acceptors (Lipinski definition) is 5. The van der Waals surface area contributed by atoms with E-state index in [4.69, 9.17) is 0 Å². The molecule has 1 fully saturated rings. The van der Waals surface area contributed by atoms with Gasteiger partial charge in [-0.05, 0) is 42.7 Å². The highest BCUT2D eigenvalue weighted by molar-refractivity contribution is 5.42. The van der Waals surface area contributed by atoms with Gasteiger partial charge in [0.2, 0.25) is 0 Å². The molecule has 3 aromatic rings. The van der Waals surface area contributed by atoms with Crippen LogP contribution in [0.1, 0.15) is 35.1 Å². The summed E-state index contributed by atoms with van der Waals surface area (Å²) >= 11 is 0. The van der Waals surface area contributed by atoms with E-state index in [1.54, 1.807) is 12.4 Å². The van der Waals surface area contributed by atoms with Crippen molar-refractivity contribution in [2.75, 3.05) is 18.0 Å². The molecule has 2 aromatic heterocycles. The molecule has 1 aliphatic heterocycles. The maximum Gasteiger partial charge on any atom is 0.417 e. The quantitative estimate of drug-likeness (QED) is 0.625. The molecule has 1 aromatic carbocycles. The van der Waals surface area contributed by atoms with Gasteiger partial charge in [0.15, 0.2) is 0 Å². The minimum absolute atomic E-state index is 0.241. The molecule has 164 valence electrons. The molecule has 5 nitrogen and oxygen atoms in total. The van der Waals surface area contributed by atoms with Crippen molar-refractivity contribution in [1.82, 2.24) is 20.3 Å². The number of benzene rings is 1. The molecule has 3 heterocycles. The number of aromatic nitrogens is 3. The number of anilines is 1. The van der Waals surface area contributed by atoms with Crippen molar-refractivity contribution in [3.8, 4) is 11.8 Å². The number of piperidine rings is 1. The minimum Gasteiger partial charge on any atom is -0.355 e. The second-order valence-electron chi connectivity index (χ2n) is 7.64. The molecule has 32 heavy (non-hydrogen) atoms. The molecular weight excluding hydrogens is 415 g/mol. The van der Waals surface area contributed by atoms with E-state index in [0.717, 1.165) is 48.3 Å². The van der Waals surface area contributed by atoms with E-state index in [0.29, 0.717) is 18.9 Å². The van der Waals surface area contributed by atoms with Crippen LogP contribution in [0.25, 0.3) is 0 Å². The smallest absolute Gasteiger partial charge is 0.355 e. The van der Waals surface area contributed by atoms with Crippen LogP contribution in [0.15, 0.2) is 61.3 Å². The van der Waals surface area contributed by atoms with Gasteiger partial charge in [0.1, 0.15) is 12.1 Å². The molecule has 0 radical (unpaired) electrons. The van der Waals surface area contributed by atoms with Crippen molar-refractivity contribution in [2.45, 2.75) is 31.6 Å². The Kier molecular flexibility index (Phi) is 6.66. The second kappa shape index (κ2) is 9.79. The van der Waals surface area contributed by atoms with Crippen LogP contribution in [0.4, 0.5) is 19.0 Å². The first-order valence-electron chi connectivity index (χ1n) is 10.3. The summed E-state index contributed by atoms with van der Waals surface area (Å²) in [5.41, 5.74) is 2.10. The summed E-state index contributed by atoms with van der Waals surface area (Å²) in [7, 11) is 0. The molecule has 1 aliphatic rings. The highest BCUT2D eigenvalue weighted by atomic mass is 19.4. The molecular formula is C24H22F3N5. The van der Waals surface area contributed by atoms with Crippen LogP contribution < -0.4 is 10.2 Å². The number of hydrogen-bond donors (Lipinski definition) is 1. The summed E-state index contributed by atoms with van der Waals surface area (Å²) in [6.45, 7) is 2.20. The van der Waals surface area contributed by atoms with Gasteiger partial charge in [0, 0.05) is 49.8 Å². The highest BCUT2D eigenvalue weighted by Gasteiger charge is 2.31. The number of alkyl halides is 3. The van der Waals surface area contributed by atoms with Crippen LogP contribution in [-0.2, 0) is 12.7 Å². The van der Waals surface area contributed by atoms with E-state index in [1.165, 1.54) is 12.4 Å². The minimum atomic E-state index is -4.37. The van der Waals surface area contributed by atoms with Crippen LogP contribution in [0.2, 0.25) is 0 Å². The standard InChI is InChI=1S/C24H22F3N5/c25-24(26,27)21-9-10-23(31-15-21)32-11-1-2-22(16-32)30-14-19-6-3-18(4-7-19)5-8-20-12-28-17-29-13-20/h3-4,6-7,9-10,12-13,15,17,22,30H,1-2,11,14,16H2/t22-/m0/s1. The van der Waals surface area contributed by atoms with Gasteiger partial charge in [-0.1, -0.05) is 24.0 Å². The van der Waals surface area contributed by atoms with E-state index in [1.807, 2.05) is 29.2 Å². The largest absolute Gasteiger partial charge is 0.417 e. The summed E-state index contributed by atoms with van der Waals surface area (Å²) in [5.74, 6) is 6.71. The Labute approximate surface area is 184 Å². The third kappa shape index (κ3) is 5.83. The highest BCUT2D eigenvalue weighted by Crippen LogP contribution is 2.29. The molecule has 4 rings (SSSR count). The first kappa shape index (κ1) is 21.8. The molecule has 1 N–H and O–H groups in total. The Balaban J connectivity index is 1.30. The Morgan fingerprint density at radius 2 is 1.72 bits per heavy atom. The van der Waals surface area contributed by atoms with E-state index < -0.39 is 11.7 Å². The molecule has 1 atom stereocenters. The Hall–Kier alpha value is -3.44. The number of halogens is 3. The van der Waals surface area contributed by atoms with Gasteiger partial charge in [-0.2, -0.15) is 13.2 Å². The summed E-state index contributed by atoms with van der Waals surface area (Å²) in [5, 5.41) is 3.55. The van der Waals surface area contributed by atoms with Crippen LogP contribution in [0.5, 0.6) is 0 Å². The van der Waals surface area contributed by atoms with E-state index in [2.05, 4.69) is 32.1 Å². The van der Waals surface area contributed by atoms with Crippen molar-refractivity contribution < 1.29 is 13.2 Å². The zero-order valence-corrected chi connectivity index (χ0v) is 17.3. The average molecular weight is 437 g/mol. The van der Waals surface area contributed by atoms with Crippen molar-refractivity contribution in [1.29, 1.82) is 0 Å². The van der Waals surface area contributed by atoms with Crippen LogP contribution in [-0.4, -0.2) is 34.1 Å². The molecule has 1 saturated heterocycles. The fourth-order valence-corrected chi connectivity index (χ4v) is 3.57. The van der Waals surface area contributed by atoms with Crippen LogP contribution in [0.3, 0.4) is 0 Å². The predicted octanol–water partition coefficient (Wildman–Crippen LogP) is 4.05. The lowest BCUT2D eigenvalue weighted by Crippen LogP contribution is -2.45. The van der Waals surface area contributed by atoms with Crippen LogP contribution >= 0.6 is 0 Å². The Bertz CT molecular complexity index is 1070. The van der Waals surface area contributed by atoms with Crippen molar-refractivity contribution in [2.24, 2.45) is 0 Å². The maximum atomic E-state index is 12.8. The predicted molar refractivity (Wildman–Crippen MR) is 116 cm³/mol. The van der Waals surface area contributed by atoms with Gasteiger partial charge in [0.25, 0.3) is 0 Å². The van der Waals surface area contributed by atoms with Crippen molar-refractivity contribution in [3.05, 3.63) is 83.6 Å². The van der Waals surface area contributed by atoms with Crippen LogP contribution in [0, 0.1) is 11.8 Å². The normalized spacial score (nSPS) is 16.3. The Morgan fingerprint density at radius 3 is 2.41 bits per heavy atom. The summed E-state index contributed by atoms with van der Waals surface area (Å²) in [6.07, 6.45) is 3.32. The van der Waals surface area contributed by atoms with E-state index in [9.17, 15) is 13.2 Å². The number of pyridine rings is 1. The Morgan fingerprint density at radius 1 is 0.969 bits per heavy atom. The topological polar surface area (TPSA) is 53.9 Å². The van der Waals surface area contributed by atoms with Gasteiger partial charge < -0.3 is 10.2 Å². The molecule has 8 heteroatoms. The lowest BCUT2D eigenvalue weighted by molar-refractivity contribution is -0.137.